The van der Waals surface area contributed by atoms with Crippen molar-refractivity contribution >= 4 is 11.6 Å². The van der Waals surface area contributed by atoms with Crippen LogP contribution in [0.1, 0.15) is 35.5 Å². The molecule has 2 aliphatic heterocycles. The number of rotatable bonds is 6. The summed E-state index contributed by atoms with van der Waals surface area (Å²) in [6.07, 6.45) is 5.37. The molecule has 0 radical (unpaired) electrons. The van der Waals surface area contributed by atoms with Gasteiger partial charge in [-0.15, -0.1) is 6.58 Å². The number of morpholine rings is 1. The number of nitrogens with one attached hydrogen (secondary N) is 1. The molecule has 2 aromatic rings. The summed E-state index contributed by atoms with van der Waals surface area (Å²) in [6.45, 7) is 8.67. The molecule has 0 spiro atoms. The van der Waals surface area contributed by atoms with Gasteiger partial charge >= 0.3 is 0 Å². The first-order chi connectivity index (χ1) is 14.1. The molecule has 0 saturated carbocycles. The number of hydrogen-bond acceptors (Lipinski definition) is 7. The highest BCUT2D eigenvalue weighted by Crippen LogP contribution is 2.28. The summed E-state index contributed by atoms with van der Waals surface area (Å²) in [4.78, 5) is 11.4. The third-order valence-corrected chi connectivity index (χ3v) is 5.09. The first-order valence-electron chi connectivity index (χ1n) is 9.95. The fourth-order valence-electron chi connectivity index (χ4n) is 3.53. The van der Waals surface area contributed by atoms with Crippen molar-refractivity contribution < 1.29 is 9.84 Å². The van der Waals surface area contributed by atoms with E-state index in [1.807, 2.05) is 17.3 Å². The van der Waals surface area contributed by atoms with Gasteiger partial charge in [-0.3, -0.25) is 5.01 Å². The van der Waals surface area contributed by atoms with Crippen LogP contribution in [0.15, 0.2) is 55.3 Å². The van der Waals surface area contributed by atoms with E-state index in [9.17, 15) is 5.11 Å². The van der Waals surface area contributed by atoms with Crippen LogP contribution in [0.2, 0.25) is 0 Å². The van der Waals surface area contributed by atoms with E-state index in [4.69, 9.17) is 4.74 Å². The third-order valence-electron chi connectivity index (χ3n) is 5.09. The van der Waals surface area contributed by atoms with E-state index >= 15 is 0 Å². The maximum Gasteiger partial charge on any atom is 0.161 e. The molecule has 2 atom stereocenters. The lowest BCUT2D eigenvalue weighted by molar-refractivity contribution is 0.122. The Bertz CT molecular complexity index is 895. The lowest BCUT2D eigenvalue weighted by Crippen LogP contribution is -2.37. The number of ether oxygens (including phenoxy) is 1. The minimum atomic E-state index is -0.786. The zero-order valence-corrected chi connectivity index (χ0v) is 16.7. The van der Waals surface area contributed by atoms with Crippen LogP contribution in [0.3, 0.4) is 0 Å². The Hall–Kier alpha value is -2.74. The van der Waals surface area contributed by atoms with Gasteiger partial charge in [-0.25, -0.2) is 15.4 Å². The molecule has 0 amide bonds. The highest BCUT2D eigenvalue weighted by Gasteiger charge is 2.23. The van der Waals surface area contributed by atoms with Crippen molar-refractivity contribution in [2.45, 2.75) is 25.5 Å². The Balaban J connectivity index is 1.61. The van der Waals surface area contributed by atoms with Crippen molar-refractivity contribution in [1.29, 1.82) is 0 Å². The predicted molar refractivity (Wildman–Crippen MR) is 114 cm³/mol. The van der Waals surface area contributed by atoms with Crippen molar-refractivity contribution in [3.05, 3.63) is 72.2 Å². The Labute approximate surface area is 171 Å². The van der Waals surface area contributed by atoms with Crippen molar-refractivity contribution in [1.82, 2.24) is 15.4 Å². The molecule has 152 valence electrons. The summed E-state index contributed by atoms with van der Waals surface area (Å²) < 4.78 is 5.46. The minimum Gasteiger partial charge on any atom is -0.385 e. The SMILES string of the molecule is C=CCC(O)c1nc(N2CCOCC2)cc(N2C=CC(c3cccc(C)c3)N2)n1. The normalized spacial score (nSPS) is 20.1. The summed E-state index contributed by atoms with van der Waals surface area (Å²) in [5, 5.41) is 12.4. The van der Waals surface area contributed by atoms with E-state index in [2.05, 4.69) is 64.1 Å². The lowest BCUT2D eigenvalue weighted by atomic mass is 10.1. The topological polar surface area (TPSA) is 73.8 Å². The van der Waals surface area contributed by atoms with Gasteiger partial charge in [0.25, 0.3) is 0 Å². The first kappa shape index (κ1) is 19.6. The van der Waals surface area contributed by atoms with Crippen molar-refractivity contribution in [2.75, 3.05) is 36.2 Å². The van der Waals surface area contributed by atoms with Gasteiger partial charge in [0, 0.05) is 25.4 Å². The van der Waals surface area contributed by atoms with E-state index in [0.717, 1.165) is 18.9 Å². The zero-order chi connectivity index (χ0) is 20.2. The molecule has 1 fully saturated rings. The second-order valence-electron chi connectivity index (χ2n) is 7.31. The molecule has 2 N–H and O–H groups in total. The second kappa shape index (κ2) is 8.73. The standard InChI is InChI=1S/C22H27N5O2/c1-3-5-19(28)22-23-20(26-10-12-29-13-11-26)15-21(24-22)27-9-8-18(25-27)17-7-4-6-16(2)14-17/h3-4,6-9,14-15,18-19,25,28H,1,5,10-13H2,2H3. The second-order valence-corrected chi connectivity index (χ2v) is 7.31. The van der Waals surface area contributed by atoms with Gasteiger partial charge in [-0.1, -0.05) is 35.9 Å². The van der Waals surface area contributed by atoms with Crippen LogP contribution in [0.5, 0.6) is 0 Å². The molecule has 7 nitrogen and oxygen atoms in total. The number of aryl methyl sites for hydroxylation is 1. The van der Waals surface area contributed by atoms with E-state index in [-0.39, 0.29) is 6.04 Å². The van der Waals surface area contributed by atoms with Crippen LogP contribution in [0.25, 0.3) is 0 Å². The Morgan fingerprint density at radius 1 is 1.28 bits per heavy atom. The highest BCUT2D eigenvalue weighted by molar-refractivity contribution is 5.54. The van der Waals surface area contributed by atoms with Crippen LogP contribution in [-0.2, 0) is 4.74 Å². The number of aromatic nitrogens is 2. The molecular formula is C22H27N5O2. The number of hydrazine groups is 1. The molecule has 1 aromatic carbocycles. The van der Waals surface area contributed by atoms with Gasteiger partial charge in [0.15, 0.2) is 11.6 Å². The zero-order valence-electron chi connectivity index (χ0n) is 16.7. The van der Waals surface area contributed by atoms with Gasteiger partial charge in [-0.05, 0) is 25.0 Å². The van der Waals surface area contributed by atoms with E-state index in [1.165, 1.54) is 11.1 Å². The van der Waals surface area contributed by atoms with Crippen molar-refractivity contribution in [3.8, 4) is 0 Å². The quantitative estimate of drug-likeness (QED) is 0.731. The maximum absolute atomic E-state index is 10.5. The monoisotopic (exact) mass is 393 g/mol. The lowest BCUT2D eigenvalue weighted by Gasteiger charge is -2.29. The molecule has 4 rings (SSSR count). The molecule has 1 aromatic heterocycles. The molecule has 2 unspecified atom stereocenters. The number of nitrogens with zero attached hydrogens (tertiary/aromatic N) is 4. The predicted octanol–water partition coefficient (Wildman–Crippen LogP) is 2.81. The summed E-state index contributed by atoms with van der Waals surface area (Å²) in [5.74, 6) is 1.90. The average molecular weight is 393 g/mol. The number of aliphatic hydroxyl groups is 1. The minimum absolute atomic E-state index is 0.0678. The summed E-state index contributed by atoms with van der Waals surface area (Å²) in [5.41, 5.74) is 5.88. The fourth-order valence-corrected chi connectivity index (χ4v) is 3.53. The number of benzene rings is 1. The van der Waals surface area contributed by atoms with Crippen LogP contribution < -0.4 is 15.3 Å². The maximum atomic E-state index is 10.5. The first-order valence-corrected chi connectivity index (χ1v) is 9.95. The fraction of sp³-hybridized carbons (Fsp3) is 0.364. The molecule has 7 heteroatoms. The molecule has 29 heavy (non-hydrogen) atoms. The largest absolute Gasteiger partial charge is 0.385 e. The molecule has 2 aliphatic rings. The van der Waals surface area contributed by atoms with Gasteiger partial charge in [0.2, 0.25) is 0 Å². The van der Waals surface area contributed by atoms with E-state index in [0.29, 0.717) is 31.3 Å². The van der Waals surface area contributed by atoms with Crippen molar-refractivity contribution in [2.24, 2.45) is 0 Å². The van der Waals surface area contributed by atoms with Gasteiger partial charge < -0.3 is 14.7 Å². The van der Waals surface area contributed by atoms with Gasteiger partial charge in [0.1, 0.15) is 11.9 Å². The van der Waals surface area contributed by atoms with Gasteiger partial charge in [-0.2, -0.15) is 0 Å². The Morgan fingerprint density at radius 2 is 2.07 bits per heavy atom. The smallest absolute Gasteiger partial charge is 0.161 e. The van der Waals surface area contributed by atoms with Crippen LogP contribution in [-0.4, -0.2) is 41.4 Å². The number of anilines is 2. The Kier molecular flexibility index (Phi) is 5.89. The summed E-state index contributed by atoms with van der Waals surface area (Å²) in [6, 6.07) is 10.4. The molecule has 0 bridgehead atoms. The third kappa shape index (κ3) is 4.48. The molecule has 1 saturated heterocycles. The molecule has 3 heterocycles. The summed E-state index contributed by atoms with van der Waals surface area (Å²) >= 11 is 0. The van der Waals surface area contributed by atoms with E-state index in [1.54, 1.807) is 6.08 Å². The van der Waals surface area contributed by atoms with Crippen LogP contribution >= 0.6 is 0 Å². The molecular weight excluding hydrogens is 366 g/mol. The van der Waals surface area contributed by atoms with Gasteiger partial charge in [0.05, 0.1) is 19.3 Å². The number of hydrogen-bond donors (Lipinski definition) is 2. The van der Waals surface area contributed by atoms with E-state index < -0.39 is 6.10 Å². The van der Waals surface area contributed by atoms with Crippen LogP contribution in [0.4, 0.5) is 11.6 Å². The Morgan fingerprint density at radius 3 is 2.83 bits per heavy atom. The highest BCUT2D eigenvalue weighted by atomic mass is 16.5. The average Bonchev–Trinajstić information content (AvgIpc) is 3.25. The van der Waals surface area contributed by atoms with Crippen LogP contribution in [0, 0.1) is 6.92 Å². The number of aliphatic hydroxyl groups excluding tert-OH is 1. The molecule has 0 aliphatic carbocycles. The van der Waals surface area contributed by atoms with Crippen molar-refractivity contribution in [3.63, 3.8) is 0 Å². The summed E-state index contributed by atoms with van der Waals surface area (Å²) in [7, 11) is 0.